The molecule has 0 aromatic heterocycles. The molecule has 3 heterocycles. The molecular formula is C20H27F3N4S2. The van der Waals surface area contributed by atoms with Crippen LogP contribution in [0.5, 0.6) is 0 Å². The van der Waals surface area contributed by atoms with Gasteiger partial charge in [0.2, 0.25) is 0 Å². The Hall–Kier alpha value is -1.35. The van der Waals surface area contributed by atoms with Gasteiger partial charge in [0.05, 0.1) is 5.03 Å². The first-order valence-electron chi connectivity index (χ1n) is 10.2. The van der Waals surface area contributed by atoms with E-state index in [2.05, 4.69) is 23.4 Å². The zero-order valence-corrected chi connectivity index (χ0v) is 18.1. The van der Waals surface area contributed by atoms with E-state index in [-0.39, 0.29) is 5.25 Å². The van der Waals surface area contributed by atoms with Gasteiger partial charge < -0.3 is 20.0 Å². The van der Waals surface area contributed by atoms with Crippen LogP contribution in [-0.2, 0) is 0 Å². The highest BCUT2D eigenvalue weighted by molar-refractivity contribution is 8.03. The summed E-state index contributed by atoms with van der Waals surface area (Å²) >= 11 is 7.11. The summed E-state index contributed by atoms with van der Waals surface area (Å²) in [4.78, 5) is 5.45. The van der Waals surface area contributed by atoms with Gasteiger partial charge >= 0.3 is 6.18 Å². The molecule has 1 unspecified atom stereocenters. The molecule has 4 nitrogen and oxygen atoms in total. The van der Waals surface area contributed by atoms with Gasteiger partial charge in [-0.25, -0.2) is 0 Å². The van der Waals surface area contributed by atoms with Gasteiger partial charge in [0.15, 0.2) is 5.11 Å². The van der Waals surface area contributed by atoms with Gasteiger partial charge in [0.25, 0.3) is 0 Å². The number of nitrogens with zero attached hydrogens (tertiary/aromatic N) is 3. The van der Waals surface area contributed by atoms with Crippen LogP contribution < -0.4 is 5.32 Å². The zero-order chi connectivity index (χ0) is 20.8. The summed E-state index contributed by atoms with van der Waals surface area (Å²) in [5, 5.41) is 5.23. The van der Waals surface area contributed by atoms with Crippen molar-refractivity contribution in [1.29, 1.82) is 0 Å². The first-order chi connectivity index (χ1) is 13.7. The first kappa shape index (κ1) is 20.9. The average molecular weight is 445 g/mol. The molecule has 3 aliphatic heterocycles. The summed E-state index contributed by atoms with van der Waals surface area (Å²) in [6.45, 7) is 10.3. The maximum Gasteiger partial charge on any atom is 0.406 e. The normalized spacial score (nSPS) is 26.1. The van der Waals surface area contributed by atoms with Crippen LogP contribution in [0.1, 0.15) is 32.1 Å². The Morgan fingerprint density at radius 2 is 1.86 bits per heavy atom. The number of nitrogens with one attached hydrogen (secondary N) is 1. The van der Waals surface area contributed by atoms with Crippen molar-refractivity contribution in [2.24, 2.45) is 5.92 Å². The molecule has 0 amide bonds. The molecule has 9 heteroatoms. The Morgan fingerprint density at radius 3 is 2.48 bits per heavy atom. The fraction of sp³-hybridized carbons (Fsp3) is 0.650. The summed E-state index contributed by atoms with van der Waals surface area (Å²) in [5.74, 6) is 0.916. The molecule has 4 rings (SSSR count). The standard InChI is InChI=1S/C20H27F3N4S2/c1-13-17-9-16(11-25-8-7-24-19(25)28)29-18(17)26(10-15-5-3-4-6-15)14(2)27(13)12-20(21,22)23/h15-16H,1-12H2,(H,24,28). The number of thiocarbonyl (C=S) groups is 1. The van der Waals surface area contributed by atoms with Crippen LogP contribution in [0.2, 0.25) is 0 Å². The van der Waals surface area contributed by atoms with Gasteiger partial charge in [-0.05, 0) is 37.4 Å². The SMILES string of the molecule is C=C1C2=C(SC(CN3CCNC3=S)C2)N(CC2CCCC2)C(=C)N1CC(F)(F)F. The second-order valence-electron chi connectivity index (χ2n) is 8.23. The van der Waals surface area contributed by atoms with Gasteiger partial charge in [-0.3, -0.25) is 0 Å². The monoisotopic (exact) mass is 444 g/mol. The molecule has 0 bridgehead atoms. The fourth-order valence-electron chi connectivity index (χ4n) is 4.67. The van der Waals surface area contributed by atoms with Crippen LogP contribution in [0.3, 0.4) is 0 Å². The van der Waals surface area contributed by atoms with Crippen molar-refractivity contribution in [3.05, 3.63) is 35.3 Å². The molecule has 160 valence electrons. The summed E-state index contributed by atoms with van der Waals surface area (Å²) in [7, 11) is 0. The molecule has 29 heavy (non-hydrogen) atoms. The van der Waals surface area contributed by atoms with Crippen molar-refractivity contribution < 1.29 is 13.2 Å². The number of alkyl halides is 3. The van der Waals surface area contributed by atoms with Gasteiger partial charge in [-0.15, -0.1) is 11.8 Å². The minimum Gasteiger partial charge on any atom is -0.361 e. The lowest BCUT2D eigenvalue weighted by Crippen LogP contribution is -2.43. The average Bonchev–Trinajstić information content (AvgIpc) is 3.37. The van der Waals surface area contributed by atoms with Crippen molar-refractivity contribution in [2.45, 2.75) is 43.5 Å². The van der Waals surface area contributed by atoms with Crippen molar-refractivity contribution in [3.8, 4) is 0 Å². The Labute approximate surface area is 179 Å². The quantitative estimate of drug-likeness (QED) is 0.636. The number of allylic oxidation sites excluding steroid dienone is 1. The topological polar surface area (TPSA) is 21.8 Å². The van der Waals surface area contributed by atoms with E-state index in [1.54, 1.807) is 11.8 Å². The maximum absolute atomic E-state index is 13.3. The number of halogens is 3. The van der Waals surface area contributed by atoms with E-state index in [1.807, 2.05) is 4.90 Å². The van der Waals surface area contributed by atoms with Gasteiger partial charge in [0, 0.05) is 42.7 Å². The predicted molar refractivity (Wildman–Crippen MR) is 115 cm³/mol. The second kappa shape index (κ2) is 8.06. The number of thioether (sulfide) groups is 1. The van der Waals surface area contributed by atoms with Gasteiger partial charge in [0.1, 0.15) is 12.4 Å². The lowest BCUT2D eigenvalue weighted by molar-refractivity contribution is -0.140. The summed E-state index contributed by atoms with van der Waals surface area (Å²) < 4.78 is 39.8. The third-order valence-electron chi connectivity index (χ3n) is 6.13. The Balaban J connectivity index is 1.55. The van der Waals surface area contributed by atoms with Crippen LogP contribution in [-0.4, -0.2) is 64.0 Å². The van der Waals surface area contributed by atoms with Gasteiger partial charge in [-0.1, -0.05) is 26.0 Å². The Bertz CT molecular complexity index is 742. The third kappa shape index (κ3) is 4.40. The Kier molecular flexibility index (Phi) is 5.81. The molecule has 0 aromatic carbocycles. The molecule has 0 aromatic rings. The maximum atomic E-state index is 13.3. The highest BCUT2D eigenvalue weighted by atomic mass is 32.2. The molecule has 2 fully saturated rings. The zero-order valence-electron chi connectivity index (χ0n) is 16.4. The highest BCUT2D eigenvalue weighted by Crippen LogP contribution is 2.49. The van der Waals surface area contributed by atoms with Crippen LogP contribution in [0, 0.1) is 5.92 Å². The van der Waals surface area contributed by atoms with Crippen LogP contribution >= 0.6 is 24.0 Å². The molecule has 1 saturated carbocycles. The van der Waals surface area contributed by atoms with Crippen molar-refractivity contribution in [1.82, 2.24) is 20.0 Å². The molecule has 4 aliphatic rings. The highest BCUT2D eigenvalue weighted by Gasteiger charge is 2.43. The lowest BCUT2D eigenvalue weighted by Gasteiger charge is -2.42. The van der Waals surface area contributed by atoms with Crippen molar-refractivity contribution in [2.75, 3.05) is 32.7 Å². The van der Waals surface area contributed by atoms with Crippen LogP contribution in [0.15, 0.2) is 35.3 Å². The first-order valence-corrected chi connectivity index (χ1v) is 11.4. The van der Waals surface area contributed by atoms with Crippen molar-refractivity contribution >= 4 is 29.1 Å². The smallest absolute Gasteiger partial charge is 0.361 e. The molecule has 1 N–H and O–H groups in total. The summed E-state index contributed by atoms with van der Waals surface area (Å²) in [5.41, 5.74) is 1.38. The van der Waals surface area contributed by atoms with Gasteiger partial charge in [-0.2, -0.15) is 13.2 Å². The second-order valence-corrected chi connectivity index (χ2v) is 9.91. The van der Waals surface area contributed by atoms with E-state index in [0.29, 0.717) is 23.9 Å². The molecule has 0 radical (unpaired) electrons. The Morgan fingerprint density at radius 1 is 1.14 bits per heavy atom. The van der Waals surface area contributed by atoms with E-state index in [4.69, 9.17) is 12.2 Å². The number of hydrogen-bond donors (Lipinski definition) is 1. The van der Waals surface area contributed by atoms with E-state index in [1.165, 1.54) is 17.7 Å². The van der Waals surface area contributed by atoms with E-state index in [0.717, 1.165) is 54.7 Å². The lowest BCUT2D eigenvalue weighted by atomic mass is 10.0. The minimum atomic E-state index is -4.30. The molecule has 1 aliphatic carbocycles. The summed E-state index contributed by atoms with van der Waals surface area (Å²) in [6, 6.07) is 0. The largest absolute Gasteiger partial charge is 0.406 e. The van der Waals surface area contributed by atoms with E-state index in [9.17, 15) is 13.2 Å². The molecule has 0 spiro atoms. The van der Waals surface area contributed by atoms with Crippen molar-refractivity contribution in [3.63, 3.8) is 0 Å². The van der Waals surface area contributed by atoms with Crippen LogP contribution in [0.4, 0.5) is 13.2 Å². The van der Waals surface area contributed by atoms with E-state index < -0.39 is 12.7 Å². The fourth-order valence-corrected chi connectivity index (χ4v) is 6.41. The third-order valence-corrected chi connectivity index (χ3v) is 7.87. The molecule has 1 saturated heterocycles. The predicted octanol–water partition coefficient (Wildman–Crippen LogP) is 4.25. The summed E-state index contributed by atoms with van der Waals surface area (Å²) in [6.07, 6.45) is 1.07. The van der Waals surface area contributed by atoms with E-state index >= 15 is 0 Å². The number of hydrogen-bond acceptors (Lipinski definition) is 4. The molecular weight excluding hydrogens is 417 g/mol. The number of rotatable bonds is 5. The minimum absolute atomic E-state index is 0.249. The molecule has 1 atom stereocenters. The van der Waals surface area contributed by atoms with Crippen LogP contribution in [0.25, 0.3) is 0 Å².